The van der Waals surface area contributed by atoms with E-state index in [1.807, 2.05) is 13.8 Å². The Morgan fingerprint density at radius 3 is 2.47 bits per heavy atom. The molecule has 1 amide bonds. The van der Waals surface area contributed by atoms with E-state index in [9.17, 15) is 13.2 Å². The Hall–Kier alpha value is -2.75. The van der Waals surface area contributed by atoms with Crippen LogP contribution in [0.4, 0.5) is 5.69 Å². The lowest BCUT2D eigenvalue weighted by atomic mass is 10.2. The Morgan fingerprint density at radius 1 is 1.17 bits per heavy atom. The van der Waals surface area contributed by atoms with Gasteiger partial charge in [0.05, 0.1) is 17.1 Å². The number of carbonyl (C=O) groups excluding carboxylic acids is 1. The van der Waals surface area contributed by atoms with E-state index < -0.39 is 15.9 Å². The normalized spacial score (nSPS) is 11.0. The van der Waals surface area contributed by atoms with Crippen molar-refractivity contribution in [3.05, 3.63) is 66.7 Å². The first kappa shape index (κ1) is 23.5. The van der Waals surface area contributed by atoms with Crippen LogP contribution in [0.3, 0.4) is 0 Å². The molecule has 0 radical (unpaired) electrons. The molecule has 2 aromatic rings. The minimum atomic E-state index is -3.60. The molecule has 160 valence electrons. The Balaban J connectivity index is 2.01. The summed E-state index contributed by atoms with van der Waals surface area (Å²) in [5.41, 5.74) is 0.907. The SMILES string of the molecule is C=CCNS(=O)(=O)c1ccc(NC(=S)NC(=O)c2ccccc2OCC(C)C)cc1. The lowest BCUT2D eigenvalue weighted by Gasteiger charge is -2.14. The second-order valence-electron chi connectivity index (χ2n) is 6.77. The van der Waals surface area contributed by atoms with Crippen molar-refractivity contribution < 1.29 is 17.9 Å². The zero-order valence-corrected chi connectivity index (χ0v) is 18.5. The molecule has 9 heteroatoms. The molecule has 7 nitrogen and oxygen atoms in total. The van der Waals surface area contributed by atoms with E-state index in [2.05, 4.69) is 21.9 Å². The van der Waals surface area contributed by atoms with E-state index >= 15 is 0 Å². The highest BCUT2D eigenvalue weighted by atomic mass is 32.2. The maximum atomic E-state index is 12.6. The number of thiocarbonyl (C=S) groups is 1. The third-order valence-electron chi connectivity index (χ3n) is 3.77. The van der Waals surface area contributed by atoms with Gasteiger partial charge < -0.3 is 10.1 Å². The van der Waals surface area contributed by atoms with Crippen molar-refractivity contribution in [2.75, 3.05) is 18.5 Å². The van der Waals surface area contributed by atoms with E-state index in [1.165, 1.54) is 18.2 Å². The van der Waals surface area contributed by atoms with Gasteiger partial charge in [-0.25, -0.2) is 13.1 Å². The van der Waals surface area contributed by atoms with Crippen molar-refractivity contribution in [3.8, 4) is 5.75 Å². The van der Waals surface area contributed by atoms with Crippen molar-refractivity contribution in [1.29, 1.82) is 0 Å². The molecule has 30 heavy (non-hydrogen) atoms. The summed E-state index contributed by atoms with van der Waals surface area (Å²) in [6.07, 6.45) is 1.46. The average Bonchev–Trinajstić information content (AvgIpc) is 2.71. The van der Waals surface area contributed by atoms with E-state index in [4.69, 9.17) is 17.0 Å². The molecule has 0 heterocycles. The number of rotatable bonds is 9. The molecule has 0 aliphatic rings. The van der Waals surface area contributed by atoms with Gasteiger partial charge in [0.1, 0.15) is 5.75 Å². The number of hydrogen-bond acceptors (Lipinski definition) is 5. The Kier molecular flexibility index (Phi) is 8.52. The summed E-state index contributed by atoms with van der Waals surface area (Å²) < 4.78 is 32.3. The van der Waals surface area contributed by atoms with Crippen LogP contribution in [-0.4, -0.2) is 32.6 Å². The maximum absolute atomic E-state index is 12.6. The molecule has 3 N–H and O–H groups in total. The first-order chi connectivity index (χ1) is 14.2. The van der Waals surface area contributed by atoms with E-state index in [-0.39, 0.29) is 16.6 Å². The Bertz CT molecular complexity index is 1000. The molecule has 0 spiro atoms. The molecule has 0 bridgehead atoms. The zero-order valence-electron chi connectivity index (χ0n) is 16.8. The van der Waals surface area contributed by atoms with Gasteiger partial charge in [-0.2, -0.15) is 0 Å². The summed E-state index contributed by atoms with van der Waals surface area (Å²) in [7, 11) is -3.60. The summed E-state index contributed by atoms with van der Waals surface area (Å²) in [5.74, 6) is 0.398. The summed E-state index contributed by atoms with van der Waals surface area (Å²) >= 11 is 5.20. The second kappa shape index (κ2) is 10.9. The molecule has 0 aromatic heterocycles. The lowest BCUT2D eigenvalue weighted by Crippen LogP contribution is -2.34. The number of benzene rings is 2. The maximum Gasteiger partial charge on any atom is 0.261 e. The number of sulfonamides is 1. The smallest absolute Gasteiger partial charge is 0.261 e. The lowest BCUT2D eigenvalue weighted by molar-refractivity contribution is 0.0973. The Labute approximate surface area is 182 Å². The highest BCUT2D eigenvalue weighted by Crippen LogP contribution is 2.19. The summed E-state index contributed by atoms with van der Waals surface area (Å²) in [5, 5.41) is 5.55. The van der Waals surface area contributed by atoms with Crippen LogP contribution in [0.25, 0.3) is 0 Å². The van der Waals surface area contributed by atoms with Crippen LogP contribution in [0.1, 0.15) is 24.2 Å². The van der Waals surface area contributed by atoms with Gasteiger partial charge in [0.2, 0.25) is 10.0 Å². The van der Waals surface area contributed by atoms with Gasteiger partial charge in [-0.15, -0.1) is 6.58 Å². The van der Waals surface area contributed by atoms with Crippen LogP contribution >= 0.6 is 12.2 Å². The predicted octanol–water partition coefficient (Wildman–Crippen LogP) is 3.31. The van der Waals surface area contributed by atoms with Gasteiger partial charge >= 0.3 is 0 Å². The van der Waals surface area contributed by atoms with Crippen molar-refractivity contribution in [1.82, 2.24) is 10.0 Å². The van der Waals surface area contributed by atoms with E-state index in [0.717, 1.165) is 0 Å². The first-order valence-electron chi connectivity index (χ1n) is 9.27. The number of amides is 1. The third kappa shape index (κ3) is 6.94. The minimum absolute atomic E-state index is 0.0825. The summed E-state index contributed by atoms with van der Waals surface area (Å²) in [6, 6.07) is 12.9. The number of carbonyl (C=O) groups is 1. The molecule has 0 fully saturated rings. The monoisotopic (exact) mass is 447 g/mol. The number of nitrogens with one attached hydrogen (secondary N) is 3. The van der Waals surface area contributed by atoms with Crippen molar-refractivity contribution in [2.24, 2.45) is 5.92 Å². The first-order valence-corrected chi connectivity index (χ1v) is 11.2. The minimum Gasteiger partial charge on any atom is -0.492 e. The molecule has 0 aliphatic carbocycles. The molecule has 0 atom stereocenters. The summed E-state index contributed by atoms with van der Waals surface area (Å²) in [6.45, 7) is 8.15. The van der Waals surface area contributed by atoms with Gasteiger partial charge in [0.25, 0.3) is 5.91 Å². The van der Waals surface area contributed by atoms with Crippen LogP contribution in [0.5, 0.6) is 5.75 Å². The molecule has 0 aliphatic heterocycles. The van der Waals surface area contributed by atoms with Crippen LogP contribution < -0.4 is 20.1 Å². The fourth-order valence-corrected chi connectivity index (χ4v) is 3.55. The van der Waals surface area contributed by atoms with Crippen LogP contribution in [0.2, 0.25) is 0 Å². The van der Waals surface area contributed by atoms with Gasteiger partial charge in [0.15, 0.2) is 5.11 Å². The zero-order chi connectivity index (χ0) is 22.1. The van der Waals surface area contributed by atoms with E-state index in [0.29, 0.717) is 29.5 Å². The number of hydrogen-bond donors (Lipinski definition) is 3. The molecule has 2 aromatic carbocycles. The topological polar surface area (TPSA) is 96.5 Å². The van der Waals surface area contributed by atoms with Gasteiger partial charge in [-0.05, 0) is 54.5 Å². The van der Waals surface area contributed by atoms with Crippen molar-refractivity contribution in [3.63, 3.8) is 0 Å². The fraction of sp³-hybridized carbons (Fsp3) is 0.238. The highest BCUT2D eigenvalue weighted by molar-refractivity contribution is 7.89. The van der Waals surface area contributed by atoms with E-state index in [1.54, 1.807) is 36.4 Å². The number of para-hydroxylation sites is 1. The summed E-state index contributed by atoms with van der Waals surface area (Å²) in [4.78, 5) is 12.7. The quantitative estimate of drug-likeness (QED) is 0.403. The molecule has 0 unspecified atom stereocenters. The van der Waals surface area contributed by atoms with Crippen LogP contribution in [0, 0.1) is 5.92 Å². The fourth-order valence-electron chi connectivity index (χ4n) is 2.34. The average molecular weight is 448 g/mol. The Morgan fingerprint density at radius 2 is 1.83 bits per heavy atom. The third-order valence-corrected chi connectivity index (χ3v) is 5.41. The second-order valence-corrected chi connectivity index (χ2v) is 8.95. The van der Waals surface area contributed by atoms with Gasteiger partial charge in [0, 0.05) is 12.2 Å². The van der Waals surface area contributed by atoms with Crippen molar-refractivity contribution >= 4 is 38.9 Å². The van der Waals surface area contributed by atoms with Crippen LogP contribution in [0.15, 0.2) is 66.1 Å². The van der Waals surface area contributed by atoms with Gasteiger partial charge in [-0.3, -0.25) is 10.1 Å². The van der Waals surface area contributed by atoms with Crippen molar-refractivity contribution in [2.45, 2.75) is 18.7 Å². The molecular weight excluding hydrogens is 422 g/mol. The number of anilines is 1. The molecule has 0 saturated carbocycles. The van der Waals surface area contributed by atoms with Crippen LogP contribution in [-0.2, 0) is 10.0 Å². The largest absolute Gasteiger partial charge is 0.492 e. The molecule has 2 rings (SSSR count). The molecular formula is C21H25N3O4S2. The predicted molar refractivity (Wildman–Crippen MR) is 122 cm³/mol. The van der Waals surface area contributed by atoms with Gasteiger partial charge in [-0.1, -0.05) is 32.1 Å². The standard InChI is InChI=1S/C21H25N3O4S2/c1-4-13-22-30(26,27)17-11-9-16(10-12-17)23-21(29)24-20(25)18-7-5-6-8-19(18)28-14-15(2)3/h4-12,15,22H,1,13-14H2,2-3H3,(H2,23,24,25,29). The molecule has 0 saturated heterocycles. The highest BCUT2D eigenvalue weighted by Gasteiger charge is 2.15. The number of ether oxygens (including phenoxy) is 1.